The Bertz CT molecular complexity index is 757. The molecule has 6 heteroatoms. The molecule has 1 fully saturated rings. The molecule has 1 aliphatic carbocycles. The zero-order valence-corrected chi connectivity index (χ0v) is 17.0. The smallest absolute Gasteiger partial charge is 0.251 e. The number of benzene rings is 1. The molecule has 1 aliphatic heterocycles. The monoisotopic (exact) mass is 386 g/mol. The van der Waals surface area contributed by atoms with Crippen molar-refractivity contribution in [3.05, 3.63) is 35.4 Å². The molecule has 6 nitrogen and oxygen atoms in total. The summed E-state index contributed by atoms with van der Waals surface area (Å²) < 4.78 is 10.9. The molecule has 0 aromatic heterocycles. The molecule has 1 saturated carbocycles. The average Bonchev–Trinajstić information content (AvgIpc) is 2.97. The SMILES string of the molecule is COc1ccccc1OCCNC(=O)CC1=C2CCCCC2N(C(C)C)C1=O. The normalized spacial score (nSPS) is 19.1. The van der Waals surface area contributed by atoms with Gasteiger partial charge in [0, 0.05) is 11.6 Å². The van der Waals surface area contributed by atoms with Gasteiger partial charge in [0.2, 0.25) is 5.91 Å². The minimum absolute atomic E-state index is 0.0392. The van der Waals surface area contributed by atoms with Crippen LogP contribution >= 0.6 is 0 Å². The third kappa shape index (κ3) is 4.32. The molecule has 1 heterocycles. The summed E-state index contributed by atoms with van der Waals surface area (Å²) in [6.07, 6.45) is 4.34. The fourth-order valence-corrected chi connectivity index (χ4v) is 4.18. The van der Waals surface area contributed by atoms with Crippen LogP contribution in [0.25, 0.3) is 0 Å². The van der Waals surface area contributed by atoms with E-state index >= 15 is 0 Å². The van der Waals surface area contributed by atoms with Gasteiger partial charge in [0.25, 0.3) is 5.91 Å². The van der Waals surface area contributed by atoms with Gasteiger partial charge in [0.1, 0.15) is 6.61 Å². The van der Waals surface area contributed by atoms with E-state index in [4.69, 9.17) is 9.47 Å². The van der Waals surface area contributed by atoms with Crippen molar-refractivity contribution in [2.24, 2.45) is 0 Å². The number of carbonyl (C=O) groups is 2. The lowest BCUT2D eigenvalue weighted by Gasteiger charge is -2.33. The highest BCUT2D eigenvalue weighted by Crippen LogP contribution is 2.38. The number of rotatable bonds is 8. The lowest BCUT2D eigenvalue weighted by atomic mass is 9.88. The standard InChI is InChI=1S/C22H30N2O4/c1-15(2)24-18-9-5-4-8-16(18)17(22(24)26)14-21(25)23-12-13-28-20-11-7-6-10-19(20)27-3/h6-7,10-11,15,18H,4-5,8-9,12-14H2,1-3H3,(H,23,25). The Labute approximate surface area is 166 Å². The quantitative estimate of drug-likeness (QED) is 0.697. The van der Waals surface area contributed by atoms with Crippen molar-refractivity contribution in [2.45, 2.75) is 58.0 Å². The number of ether oxygens (including phenoxy) is 2. The van der Waals surface area contributed by atoms with Gasteiger partial charge in [0.15, 0.2) is 11.5 Å². The Balaban J connectivity index is 1.53. The van der Waals surface area contributed by atoms with Gasteiger partial charge >= 0.3 is 0 Å². The Morgan fingerprint density at radius 2 is 2.00 bits per heavy atom. The van der Waals surface area contributed by atoms with Crippen LogP contribution in [0.3, 0.4) is 0 Å². The van der Waals surface area contributed by atoms with Gasteiger partial charge in [-0.15, -0.1) is 0 Å². The van der Waals surface area contributed by atoms with Crippen molar-refractivity contribution in [3.8, 4) is 11.5 Å². The first-order chi connectivity index (χ1) is 13.5. The molecule has 1 aromatic rings. The third-order valence-corrected chi connectivity index (χ3v) is 5.44. The third-order valence-electron chi connectivity index (χ3n) is 5.44. The summed E-state index contributed by atoms with van der Waals surface area (Å²) in [6, 6.07) is 7.75. The summed E-state index contributed by atoms with van der Waals surface area (Å²) in [5.74, 6) is 1.22. The van der Waals surface area contributed by atoms with E-state index < -0.39 is 0 Å². The zero-order chi connectivity index (χ0) is 20.1. The maximum atomic E-state index is 12.9. The molecule has 152 valence electrons. The van der Waals surface area contributed by atoms with Gasteiger partial charge in [-0.1, -0.05) is 18.6 Å². The van der Waals surface area contributed by atoms with E-state index in [1.165, 1.54) is 5.57 Å². The zero-order valence-electron chi connectivity index (χ0n) is 17.0. The first-order valence-corrected chi connectivity index (χ1v) is 10.1. The molecular weight excluding hydrogens is 356 g/mol. The molecule has 3 rings (SSSR count). The van der Waals surface area contributed by atoms with Crippen molar-refractivity contribution in [1.29, 1.82) is 0 Å². The van der Waals surface area contributed by atoms with Crippen molar-refractivity contribution < 1.29 is 19.1 Å². The highest BCUT2D eigenvalue weighted by Gasteiger charge is 2.41. The van der Waals surface area contributed by atoms with Gasteiger partial charge in [-0.25, -0.2) is 0 Å². The molecule has 0 spiro atoms. The predicted molar refractivity (Wildman–Crippen MR) is 107 cm³/mol. The largest absolute Gasteiger partial charge is 0.493 e. The summed E-state index contributed by atoms with van der Waals surface area (Å²) in [5.41, 5.74) is 1.90. The van der Waals surface area contributed by atoms with Crippen LogP contribution in [0.15, 0.2) is 35.4 Å². The molecule has 28 heavy (non-hydrogen) atoms. The van der Waals surface area contributed by atoms with Gasteiger partial charge in [-0.2, -0.15) is 0 Å². The number of nitrogens with one attached hydrogen (secondary N) is 1. The van der Waals surface area contributed by atoms with Crippen LogP contribution in [0, 0.1) is 0 Å². The number of para-hydroxylation sites is 2. The maximum absolute atomic E-state index is 12.9. The van der Waals surface area contributed by atoms with Crippen LogP contribution in [0.1, 0.15) is 46.0 Å². The number of hydrogen-bond acceptors (Lipinski definition) is 4. The van der Waals surface area contributed by atoms with Gasteiger partial charge in [-0.05, 0) is 50.8 Å². The molecule has 1 unspecified atom stereocenters. The fourth-order valence-electron chi connectivity index (χ4n) is 4.18. The molecule has 1 aromatic carbocycles. The summed E-state index contributed by atoms with van der Waals surface area (Å²) >= 11 is 0. The van der Waals surface area contributed by atoms with Crippen LogP contribution < -0.4 is 14.8 Å². The maximum Gasteiger partial charge on any atom is 0.251 e. The highest BCUT2D eigenvalue weighted by molar-refractivity contribution is 6.02. The molecule has 0 radical (unpaired) electrons. The van der Waals surface area contributed by atoms with E-state index in [1.54, 1.807) is 7.11 Å². The van der Waals surface area contributed by atoms with E-state index in [9.17, 15) is 9.59 Å². The van der Waals surface area contributed by atoms with E-state index in [2.05, 4.69) is 5.32 Å². The number of methoxy groups -OCH3 is 1. The van der Waals surface area contributed by atoms with E-state index in [-0.39, 0.29) is 30.3 Å². The summed E-state index contributed by atoms with van der Waals surface area (Å²) in [6.45, 7) is 4.81. The first-order valence-electron chi connectivity index (χ1n) is 10.1. The molecule has 2 amide bonds. The van der Waals surface area contributed by atoms with Gasteiger partial charge < -0.3 is 19.7 Å². The van der Waals surface area contributed by atoms with Crippen molar-refractivity contribution in [3.63, 3.8) is 0 Å². The molecule has 1 N–H and O–H groups in total. The van der Waals surface area contributed by atoms with E-state index in [1.807, 2.05) is 43.0 Å². The van der Waals surface area contributed by atoms with E-state index in [0.29, 0.717) is 30.2 Å². The minimum Gasteiger partial charge on any atom is -0.493 e. The van der Waals surface area contributed by atoms with Crippen LogP contribution in [-0.2, 0) is 9.59 Å². The Morgan fingerprint density at radius 3 is 2.71 bits per heavy atom. The lowest BCUT2D eigenvalue weighted by molar-refractivity contribution is -0.130. The topological polar surface area (TPSA) is 67.9 Å². The first kappa shape index (κ1) is 20.2. The molecule has 0 bridgehead atoms. The van der Waals surface area contributed by atoms with Gasteiger partial charge in [0.05, 0.1) is 26.1 Å². The Hall–Kier alpha value is -2.50. The number of hydrogen-bond donors (Lipinski definition) is 1. The van der Waals surface area contributed by atoms with Crippen LogP contribution in [-0.4, -0.2) is 49.1 Å². The second-order valence-corrected chi connectivity index (χ2v) is 7.60. The predicted octanol–water partition coefficient (Wildman–Crippen LogP) is 3.07. The second-order valence-electron chi connectivity index (χ2n) is 7.60. The average molecular weight is 386 g/mol. The van der Waals surface area contributed by atoms with Gasteiger partial charge in [-0.3, -0.25) is 9.59 Å². The van der Waals surface area contributed by atoms with Crippen LogP contribution in [0.5, 0.6) is 11.5 Å². The lowest BCUT2D eigenvalue weighted by Crippen LogP contribution is -2.41. The Morgan fingerprint density at radius 1 is 1.25 bits per heavy atom. The van der Waals surface area contributed by atoms with Crippen molar-refractivity contribution in [1.82, 2.24) is 10.2 Å². The highest BCUT2D eigenvalue weighted by atomic mass is 16.5. The number of amides is 2. The molecule has 2 aliphatic rings. The molecule has 0 saturated heterocycles. The van der Waals surface area contributed by atoms with E-state index in [0.717, 1.165) is 25.7 Å². The second kappa shape index (κ2) is 9.13. The fraction of sp³-hybridized carbons (Fsp3) is 0.545. The number of fused-ring (bicyclic) bond motifs is 1. The number of nitrogens with zero attached hydrogens (tertiary/aromatic N) is 1. The summed E-state index contributed by atoms with van der Waals surface area (Å²) in [4.78, 5) is 27.3. The van der Waals surface area contributed by atoms with Crippen molar-refractivity contribution in [2.75, 3.05) is 20.3 Å². The minimum atomic E-state index is -0.130. The Kier molecular flexibility index (Phi) is 6.60. The summed E-state index contributed by atoms with van der Waals surface area (Å²) in [5, 5.41) is 2.87. The van der Waals surface area contributed by atoms with Crippen LogP contribution in [0.4, 0.5) is 0 Å². The summed E-state index contributed by atoms with van der Waals surface area (Å²) in [7, 11) is 1.59. The molecular formula is C22H30N2O4. The van der Waals surface area contributed by atoms with Crippen LogP contribution in [0.2, 0.25) is 0 Å². The van der Waals surface area contributed by atoms with Crippen molar-refractivity contribution >= 4 is 11.8 Å². The number of carbonyl (C=O) groups excluding carboxylic acids is 2. The molecule has 1 atom stereocenters.